The van der Waals surface area contributed by atoms with Gasteiger partial charge in [-0.1, -0.05) is 24.9 Å². The van der Waals surface area contributed by atoms with Gasteiger partial charge in [0.1, 0.15) is 10.8 Å². The molecule has 27 heavy (non-hydrogen) atoms. The molecule has 0 unspecified atom stereocenters. The van der Waals surface area contributed by atoms with Crippen molar-refractivity contribution in [1.29, 1.82) is 0 Å². The Morgan fingerprint density at radius 1 is 1.44 bits per heavy atom. The number of nitrogens with one attached hydrogen (secondary N) is 2. The number of nitrogens with zero attached hydrogens (tertiary/aromatic N) is 2. The average Bonchev–Trinajstić information content (AvgIpc) is 2.85. The number of rotatable bonds is 6. The van der Waals surface area contributed by atoms with E-state index in [1.165, 1.54) is 6.08 Å². The Morgan fingerprint density at radius 2 is 2.15 bits per heavy atom. The van der Waals surface area contributed by atoms with Crippen molar-refractivity contribution in [2.24, 2.45) is 0 Å². The number of halogens is 4. The molecule has 146 valence electrons. The van der Waals surface area contributed by atoms with E-state index >= 15 is 0 Å². The van der Waals surface area contributed by atoms with Gasteiger partial charge in [0.25, 0.3) is 5.56 Å². The van der Waals surface area contributed by atoms with Crippen LogP contribution in [-0.4, -0.2) is 20.7 Å². The molecule has 0 aliphatic rings. The van der Waals surface area contributed by atoms with Gasteiger partial charge in [-0.05, 0) is 25.5 Å². The van der Waals surface area contributed by atoms with Gasteiger partial charge in [0.2, 0.25) is 5.91 Å². The second-order valence-corrected chi connectivity index (χ2v) is 6.18. The molecule has 0 aliphatic heterocycles. The fourth-order valence-electron chi connectivity index (χ4n) is 2.29. The molecule has 0 fully saturated rings. The van der Waals surface area contributed by atoms with Gasteiger partial charge in [-0.15, -0.1) is 0 Å². The predicted molar refractivity (Wildman–Crippen MR) is 96.6 cm³/mol. The molecule has 2 aromatic rings. The summed E-state index contributed by atoms with van der Waals surface area (Å²) in [7, 11) is 0. The third-order valence-corrected chi connectivity index (χ3v) is 4.12. The van der Waals surface area contributed by atoms with Crippen molar-refractivity contribution in [1.82, 2.24) is 14.8 Å². The summed E-state index contributed by atoms with van der Waals surface area (Å²) in [6, 6.07) is 0.575. The Bertz CT molecular complexity index is 916. The largest absolute Gasteiger partial charge is 0.417 e. The highest BCUT2D eigenvalue weighted by atomic mass is 35.5. The number of aryl methyl sites for hydroxylation is 2. The monoisotopic (exact) mass is 402 g/mol. The molecule has 0 saturated heterocycles. The summed E-state index contributed by atoms with van der Waals surface area (Å²) >= 11 is 6.24. The third kappa shape index (κ3) is 5.22. The first-order chi connectivity index (χ1) is 12.6. The Morgan fingerprint density at radius 3 is 2.78 bits per heavy atom. The predicted octanol–water partition coefficient (Wildman–Crippen LogP) is 4.00. The van der Waals surface area contributed by atoms with Crippen LogP contribution in [-0.2, 0) is 17.5 Å². The number of carbonyl (C=O) groups excluding carboxylic acids is 1. The van der Waals surface area contributed by atoms with Crippen LogP contribution in [0.5, 0.6) is 0 Å². The number of aromatic amines is 1. The summed E-state index contributed by atoms with van der Waals surface area (Å²) in [4.78, 5) is 25.6. The van der Waals surface area contributed by atoms with Crippen LogP contribution in [0.1, 0.15) is 36.6 Å². The highest BCUT2D eigenvalue weighted by Gasteiger charge is 2.31. The Hall–Kier alpha value is -2.55. The van der Waals surface area contributed by atoms with E-state index in [1.807, 2.05) is 11.9 Å². The van der Waals surface area contributed by atoms with E-state index < -0.39 is 28.9 Å². The van der Waals surface area contributed by atoms with Crippen molar-refractivity contribution in [3.05, 3.63) is 50.7 Å². The molecule has 0 spiro atoms. The van der Waals surface area contributed by atoms with Gasteiger partial charge < -0.3 is 10.3 Å². The van der Waals surface area contributed by atoms with E-state index in [-0.39, 0.29) is 0 Å². The lowest BCUT2D eigenvalue weighted by Crippen LogP contribution is -2.20. The number of hydrogen-bond donors (Lipinski definition) is 2. The lowest BCUT2D eigenvalue weighted by atomic mass is 10.2. The molecule has 0 bridgehead atoms. The van der Waals surface area contributed by atoms with Crippen molar-refractivity contribution in [3.63, 3.8) is 0 Å². The molecule has 2 heterocycles. The lowest BCUT2D eigenvalue weighted by molar-refractivity contribution is -0.137. The Kier molecular flexibility index (Phi) is 6.48. The summed E-state index contributed by atoms with van der Waals surface area (Å²) in [5.41, 5.74) is -1.28. The Balaban J connectivity index is 2.17. The first kappa shape index (κ1) is 20.8. The molecular formula is C17H18ClF3N4O2. The Labute approximate surface area is 158 Å². The minimum atomic E-state index is -4.64. The smallest absolute Gasteiger partial charge is 0.327 e. The number of alkyl halides is 3. The molecule has 10 heteroatoms. The second kappa shape index (κ2) is 8.43. The lowest BCUT2D eigenvalue weighted by Gasteiger charge is -2.08. The highest BCUT2D eigenvalue weighted by molar-refractivity contribution is 6.31. The average molecular weight is 403 g/mol. The number of hydrogen-bond acceptors (Lipinski definition) is 3. The second-order valence-electron chi connectivity index (χ2n) is 5.82. The van der Waals surface area contributed by atoms with Crippen LogP contribution >= 0.6 is 11.6 Å². The molecule has 0 radical (unpaired) electrons. The zero-order valence-corrected chi connectivity index (χ0v) is 15.4. The van der Waals surface area contributed by atoms with Gasteiger partial charge in [-0.2, -0.15) is 18.3 Å². The number of pyridine rings is 1. The van der Waals surface area contributed by atoms with E-state index in [4.69, 9.17) is 11.6 Å². The van der Waals surface area contributed by atoms with Crippen molar-refractivity contribution >= 4 is 29.3 Å². The van der Waals surface area contributed by atoms with E-state index in [0.29, 0.717) is 35.2 Å². The molecule has 1 amide bonds. The van der Waals surface area contributed by atoms with E-state index in [9.17, 15) is 22.8 Å². The summed E-state index contributed by atoms with van der Waals surface area (Å²) in [5.74, 6) is -0.767. The minimum Gasteiger partial charge on any atom is -0.327 e. The maximum atomic E-state index is 12.7. The number of aromatic nitrogens is 3. The van der Waals surface area contributed by atoms with Gasteiger partial charge in [-0.25, -0.2) is 0 Å². The van der Waals surface area contributed by atoms with Crippen LogP contribution in [0.15, 0.2) is 23.1 Å². The molecule has 6 nitrogen and oxygen atoms in total. The van der Waals surface area contributed by atoms with E-state index in [2.05, 4.69) is 10.4 Å². The van der Waals surface area contributed by atoms with Crippen LogP contribution in [0, 0.1) is 6.92 Å². The van der Waals surface area contributed by atoms with Crippen LogP contribution in [0.2, 0.25) is 5.15 Å². The summed E-state index contributed by atoms with van der Waals surface area (Å²) in [5, 5.41) is 6.78. The normalized spacial score (nSPS) is 11.9. The van der Waals surface area contributed by atoms with Crippen molar-refractivity contribution in [2.75, 3.05) is 5.32 Å². The molecule has 0 atom stereocenters. The topological polar surface area (TPSA) is 79.8 Å². The molecule has 0 aromatic carbocycles. The summed E-state index contributed by atoms with van der Waals surface area (Å²) in [6.07, 6.45) is 0.250. The number of unbranched alkanes of at least 4 members (excludes halogenated alkanes) is 1. The molecular weight excluding hydrogens is 385 g/mol. The van der Waals surface area contributed by atoms with Gasteiger partial charge in [0, 0.05) is 24.4 Å². The quantitative estimate of drug-likeness (QED) is 0.716. The number of anilines is 1. The maximum Gasteiger partial charge on any atom is 0.417 e. The van der Waals surface area contributed by atoms with Gasteiger partial charge >= 0.3 is 6.18 Å². The SMILES string of the molecule is CCCCn1nc(C)c(/C=C/C(=O)Nc2cc(C(F)(F)F)c[nH]c2=O)c1Cl. The summed E-state index contributed by atoms with van der Waals surface area (Å²) < 4.78 is 39.8. The number of amides is 1. The van der Waals surface area contributed by atoms with Crippen molar-refractivity contribution in [3.8, 4) is 0 Å². The highest BCUT2D eigenvalue weighted by Crippen LogP contribution is 2.29. The zero-order chi connectivity index (χ0) is 20.2. The van der Waals surface area contributed by atoms with E-state index in [1.54, 1.807) is 11.6 Å². The fourth-order valence-corrected chi connectivity index (χ4v) is 2.61. The summed E-state index contributed by atoms with van der Waals surface area (Å²) in [6.45, 7) is 4.39. The number of carbonyl (C=O) groups is 1. The van der Waals surface area contributed by atoms with Crippen molar-refractivity contribution in [2.45, 2.75) is 39.4 Å². The molecule has 0 saturated carbocycles. The molecule has 2 N–H and O–H groups in total. The van der Waals surface area contributed by atoms with Crippen LogP contribution in [0.4, 0.5) is 18.9 Å². The first-order valence-electron chi connectivity index (χ1n) is 8.15. The maximum absolute atomic E-state index is 12.7. The van der Waals surface area contributed by atoms with Gasteiger partial charge in [0.15, 0.2) is 0 Å². The van der Waals surface area contributed by atoms with Crippen molar-refractivity contribution < 1.29 is 18.0 Å². The fraction of sp³-hybridized carbons (Fsp3) is 0.353. The number of H-pyrrole nitrogens is 1. The van der Waals surface area contributed by atoms with Crippen LogP contribution < -0.4 is 10.9 Å². The van der Waals surface area contributed by atoms with Crippen LogP contribution in [0.3, 0.4) is 0 Å². The zero-order valence-electron chi connectivity index (χ0n) is 14.7. The minimum absolute atomic E-state index is 0.363. The first-order valence-corrected chi connectivity index (χ1v) is 8.53. The van der Waals surface area contributed by atoms with Gasteiger partial charge in [-0.3, -0.25) is 14.3 Å². The molecule has 2 rings (SSSR count). The standard InChI is InChI=1S/C17H18ClF3N4O2/c1-3-4-7-25-15(18)12(10(2)24-25)5-6-14(26)23-13-8-11(17(19,20)21)9-22-16(13)27/h5-6,8-9H,3-4,7H2,1-2H3,(H,22,27)(H,23,26)/b6-5+. The van der Waals surface area contributed by atoms with E-state index in [0.717, 1.165) is 18.9 Å². The third-order valence-electron chi connectivity index (χ3n) is 3.72. The van der Waals surface area contributed by atoms with Gasteiger partial charge in [0.05, 0.1) is 11.3 Å². The van der Waals surface area contributed by atoms with Crippen LogP contribution in [0.25, 0.3) is 6.08 Å². The molecule has 2 aromatic heterocycles. The molecule has 0 aliphatic carbocycles.